The Morgan fingerprint density at radius 1 is 1.53 bits per heavy atom. The molecule has 0 aromatic carbocycles. The van der Waals surface area contributed by atoms with Crippen LogP contribution in [0.5, 0.6) is 0 Å². The molecule has 0 aliphatic heterocycles. The molecule has 0 saturated carbocycles. The Morgan fingerprint density at radius 2 is 2.27 bits per heavy atom. The summed E-state index contributed by atoms with van der Waals surface area (Å²) in [6, 6.07) is 0. The van der Waals surface area contributed by atoms with Gasteiger partial charge >= 0.3 is 0 Å². The van der Waals surface area contributed by atoms with Crippen molar-refractivity contribution in [3.8, 4) is 0 Å². The van der Waals surface area contributed by atoms with E-state index in [1.165, 1.54) is 0 Å². The molecular weight excluding hydrogens is 192 g/mol. The first-order valence-corrected chi connectivity index (χ1v) is 5.30. The molecule has 0 amide bonds. The molecule has 0 aliphatic carbocycles. The molecule has 0 atom stereocenters. The number of nitrogen functional groups attached to an aromatic ring is 1. The van der Waals surface area contributed by atoms with Gasteiger partial charge in [0.05, 0.1) is 12.3 Å². The number of rotatable bonds is 6. The predicted molar refractivity (Wildman–Crippen MR) is 62.0 cm³/mol. The second-order valence-corrected chi connectivity index (χ2v) is 3.36. The summed E-state index contributed by atoms with van der Waals surface area (Å²) < 4.78 is 7.05. The highest BCUT2D eigenvalue weighted by molar-refractivity contribution is 5.61. The van der Waals surface area contributed by atoms with E-state index < -0.39 is 0 Å². The number of ether oxygens (including phenoxy) is 1. The number of nitrogens with two attached hydrogens (primary N) is 1. The van der Waals surface area contributed by atoms with Crippen LogP contribution in [0, 0.1) is 0 Å². The predicted octanol–water partition coefficient (Wildman–Crippen LogP) is 0.865. The Hall–Kier alpha value is -1.23. The van der Waals surface area contributed by atoms with Crippen LogP contribution in [-0.4, -0.2) is 36.1 Å². The molecule has 5 heteroatoms. The number of hydrogen-bond donors (Lipinski definition) is 1. The Morgan fingerprint density at radius 3 is 2.73 bits per heavy atom. The third kappa shape index (κ3) is 3.13. The molecule has 1 rings (SSSR count). The van der Waals surface area contributed by atoms with Crippen molar-refractivity contribution >= 4 is 11.5 Å². The maximum atomic E-state index is 5.86. The molecule has 1 aromatic heterocycles. The van der Waals surface area contributed by atoms with E-state index in [1.807, 2.05) is 20.2 Å². The molecule has 86 valence electrons. The van der Waals surface area contributed by atoms with Crippen molar-refractivity contribution in [2.24, 2.45) is 7.05 Å². The summed E-state index contributed by atoms with van der Waals surface area (Å²) in [7, 11) is 1.87. The zero-order chi connectivity index (χ0) is 11.3. The van der Waals surface area contributed by atoms with Crippen LogP contribution in [0.1, 0.15) is 13.8 Å². The first kappa shape index (κ1) is 11.8. The molecule has 0 aliphatic rings. The molecule has 0 radical (unpaired) electrons. The third-order valence-electron chi connectivity index (χ3n) is 2.23. The standard InChI is InChI=1S/C10H20N4O/c1-4-14(6-7-15-5-2)10-9(11)8-13(3)12-10/h8H,4-7,11H2,1-3H3. The van der Waals surface area contributed by atoms with Gasteiger partial charge in [0.1, 0.15) is 0 Å². The fraction of sp³-hybridized carbons (Fsp3) is 0.700. The minimum Gasteiger partial charge on any atom is -0.394 e. The van der Waals surface area contributed by atoms with Gasteiger partial charge in [-0.15, -0.1) is 0 Å². The third-order valence-corrected chi connectivity index (χ3v) is 2.23. The molecule has 0 bridgehead atoms. The summed E-state index contributed by atoms with van der Waals surface area (Å²) in [5.74, 6) is 0.847. The van der Waals surface area contributed by atoms with Crippen LogP contribution >= 0.6 is 0 Å². The van der Waals surface area contributed by atoms with Crippen molar-refractivity contribution in [2.75, 3.05) is 36.9 Å². The summed E-state index contributed by atoms with van der Waals surface area (Å²) in [4.78, 5) is 2.12. The number of likely N-dealkylation sites (N-methyl/N-ethyl adjacent to an activating group) is 1. The lowest BCUT2D eigenvalue weighted by Gasteiger charge is -2.20. The SMILES string of the molecule is CCOCCN(CC)c1nn(C)cc1N. The smallest absolute Gasteiger partial charge is 0.173 e. The summed E-state index contributed by atoms with van der Waals surface area (Å²) >= 11 is 0. The molecular formula is C10H20N4O. The number of nitrogens with zero attached hydrogens (tertiary/aromatic N) is 3. The highest BCUT2D eigenvalue weighted by Crippen LogP contribution is 2.19. The van der Waals surface area contributed by atoms with Crippen LogP contribution in [0.4, 0.5) is 11.5 Å². The topological polar surface area (TPSA) is 56.3 Å². The molecule has 5 nitrogen and oxygen atoms in total. The fourth-order valence-corrected chi connectivity index (χ4v) is 1.47. The zero-order valence-electron chi connectivity index (χ0n) is 9.73. The van der Waals surface area contributed by atoms with Crippen LogP contribution in [0.25, 0.3) is 0 Å². The Kier molecular flexibility index (Phi) is 4.42. The monoisotopic (exact) mass is 212 g/mol. The molecule has 0 fully saturated rings. The molecule has 1 aromatic rings. The minimum absolute atomic E-state index is 0.709. The number of aromatic nitrogens is 2. The lowest BCUT2D eigenvalue weighted by molar-refractivity contribution is 0.154. The van der Waals surface area contributed by atoms with Crippen LogP contribution in [0.15, 0.2) is 6.20 Å². The van der Waals surface area contributed by atoms with E-state index in [2.05, 4.69) is 16.9 Å². The van der Waals surface area contributed by atoms with Gasteiger partial charge in [0.25, 0.3) is 0 Å². The molecule has 2 N–H and O–H groups in total. The number of anilines is 2. The van der Waals surface area contributed by atoms with Crippen molar-refractivity contribution < 1.29 is 4.74 Å². The second-order valence-electron chi connectivity index (χ2n) is 3.36. The quantitative estimate of drug-likeness (QED) is 0.711. The number of hydrogen-bond acceptors (Lipinski definition) is 4. The van der Waals surface area contributed by atoms with Crippen LogP contribution in [0.3, 0.4) is 0 Å². The van der Waals surface area contributed by atoms with Crippen molar-refractivity contribution in [3.63, 3.8) is 0 Å². The lowest BCUT2D eigenvalue weighted by atomic mass is 10.4. The molecule has 1 heterocycles. The maximum absolute atomic E-state index is 5.86. The second kappa shape index (κ2) is 5.60. The average Bonchev–Trinajstić information content (AvgIpc) is 2.53. The first-order valence-electron chi connectivity index (χ1n) is 5.30. The minimum atomic E-state index is 0.709. The van der Waals surface area contributed by atoms with Crippen molar-refractivity contribution in [1.29, 1.82) is 0 Å². The van der Waals surface area contributed by atoms with Gasteiger partial charge < -0.3 is 15.4 Å². The number of aryl methyl sites for hydroxylation is 1. The van der Waals surface area contributed by atoms with Gasteiger partial charge in [0.2, 0.25) is 0 Å². The summed E-state index contributed by atoms with van der Waals surface area (Å²) in [5, 5.41) is 4.32. The van der Waals surface area contributed by atoms with Gasteiger partial charge in [-0.2, -0.15) is 5.10 Å². The van der Waals surface area contributed by atoms with Crippen molar-refractivity contribution in [1.82, 2.24) is 9.78 Å². The van der Waals surface area contributed by atoms with Crippen molar-refractivity contribution in [3.05, 3.63) is 6.20 Å². The maximum Gasteiger partial charge on any atom is 0.173 e. The van der Waals surface area contributed by atoms with E-state index in [-0.39, 0.29) is 0 Å². The molecule has 0 saturated heterocycles. The largest absolute Gasteiger partial charge is 0.394 e. The van der Waals surface area contributed by atoms with E-state index in [0.29, 0.717) is 6.61 Å². The molecule has 0 spiro atoms. The van der Waals surface area contributed by atoms with Gasteiger partial charge in [-0.25, -0.2) is 0 Å². The van der Waals surface area contributed by atoms with E-state index in [0.717, 1.165) is 31.2 Å². The Labute approximate surface area is 90.8 Å². The van der Waals surface area contributed by atoms with E-state index in [4.69, 9.17) is 10.5 Å². The highest BCUT2D eigenvalue weighted by atomic mass is 16.5. The first-order chi connectivity index (χ1) is 7.19. The van der Waals surface area contributed by atoms with Crippen molar-refractivity contribution in [2.45, 2.75) is 13.8 Å². The summed E-state index contributed by atoms with van der Waals surface area (Å²) in [6.07, 6.45) is 1.82. The normalized spacial score (nSPS) is 10.6. The average molecular weight is 212 g/mol. The Balaban J connectivity index is 2.61. The van der Waals surface area contributed by atoms with Crippen LogP contribution in [-0.2, 0) is 11.8 Å². The molecule has 15 heavy (non-hydrogen) atoms. The summed E-state index contributed by atoms with van der Waals surface area (Å²) in [5.41, 5.74) is 6.57. The van der Waals surface area contributed by atoms with Gasteiger partial charge in [-0.3, -0.25) is 4.68 Å². The van der Waals surface area contributed by atoms with Gasteiger partial charge in [-0.05, 0) is 13.8 Å². The Bertz CT molecular complexity index is 298. The fourth-order valence-electron chi connectivity index (χ4n) is 1.47. The van der Waals surface area contributed by atoms with E-state index in [1.54, 1.807) is 4.68 Å². The van der Waals surface area contributed by atoms with Crippen LogP contribution < -0.4 is 10.6 Å². The van der Waals surface area contributed by atoms with Gasteiger partial charge in [0, 0.05) is 32.9 Å². The zero-order valence-corrected chi connectivity index (χ0v) is 9.73. The lowest BCUT2D eigenvalue weighted by Crippen LogP contribution is -2.28. The van der Waals surface area contributed by atoms with Gasteiger partial charge in [-0.1, -0.05) is 0 Å². The highest BCUT2D eigenvalue weighted by Gasteiger charge is 2.11. The summed E-state index contributed by atoms with van der Waals surface area (Å²) in [6.45, 7) is 7.24. The van der Waals surface area contributed by atoms with Crippen LogP contribution in [0.2, 0.25) is 0 Å². The molecule has 0 unspecified atom stereocenters. The van der Waals surface area contributed by atoms with E-state index in [9.17, 15) is 0 Å². The van der Waals surface area contributed by atoms with E-state index >= 15 is 0 Å². The van der Waals surface area contributed by atoms with Gasteiger partial charge in [0.15, 0.2) is 5.82 Å².